The molecule has 19 heavy (non-hydrogen) atoms. The van der Waals surface area contributed by atoms with Gasteiger partial charge in [-0.3, -0.25) is 9.78 Å². The van der Waals surface area contributed by atoms with Crippen molar-refractivity contribution in [1.82, 2.24) is 15.6 Å². The largest absolute Gasteiger partial charge is 0.481 e. The third kappa shape index (κ3) is 7.03. The minimum Gasteiger partial charge on any atom is -0.481 e. The summed E-state index contributed by atoms with van der Waals surface area (Å²) in [4.78, 5) is 25.8. The summed E-state index contributed by atoms with van der Waals surface area (Å²) in [5, 5.41) is 13.7. The molecule has 0 saturated heterocycles. The maximum Gasteiger partial charge on any atom is 0.314 e. The predicted octanol–water partition coefficient (Wildman–Crippen LogP) is 1.10. The van der Waals surface area contributed by atoms with Gasteiger partial charge in [0.25, 0.3) is 0 Å². The van der Waals surface area contributed by atoms with Crippen molar-refractivity contribution >= 4 is 12.0 Å². The van der Waals surface area contributed by atoms with E-state index in [1.807, 2.05) is 19.1 Å². The second-order valence-electron chi connectivity index (χ2n) is 4.26. The maximum atomic E-state index is 11.3. The van der Waals surface area contributed by atoms with Crippen molar-refractivity contribution in [2.24, 2.45) is 0 Å². The van der Waals surface area contributed by atoms with Crippen molar-refractivity contribution in [3.05, 3.63) is 29.6 Å². The molecule has 0 fully saturated rings. The van der Waals surface area contributed by atoms with E-state index in [9.17, 15) is 9.59 Å². The van der Waals surface area contributed by atoms with E-state index in [1.165, 1.54) is 0 Å². The first-order valence-corrected chi connectivity index (χ1v) is 6.23. The number of aryl methyl sites for hydroxylation is 1. The molecular formula is C13H19N3O3. The third-order valence-electron chi connectivity index (χ3n) is 2.49. The fraction of sp³-hybridized carbons (Fsp3) is 0.462. The van der Waals surface area contributed by atoms with Gasteiger partial charge in [-0.05, 0) is 25.0 Å². The Labute approximate surface area is 112 Å². The molecule has 1 heterocycles. The Kier molecular flexibility index (Phi) is 6.35. The normalized spacial score (nSPS) is 9.95. The van der Waals surface area contributed by atoms with Gasteiger partial charge in [0.15, 0.2) is 0 Å². The number of carboxylic acid groups (broad SMARTS) is 1. The molecular weight excluding hydrogens is 246 g/mol. The number of hydrogen-bond acceptors (Lipinski definition) is 3. The Hall–Kier alpha value is -2.11. The highest BCUT2D eigenvalue weighted by atomic mass is 16.4. The molecule has 0 aliphatic heterocycles. The van der Waals surface area contributed by atoms with Crippen LogP contribution in [0.15, 0.2) is 18.3 Å². The van der Waals surface area contributed by atoms with Crippen molar-refractivity contribution in [2.75, 3.05) is 13.1 Å². The second kappa shape index (κ2) is 8.07. The first kappa shape index (κ1) is 14.9. The van der Waals surface area contributed by atoms with Gasteiger partial charge < -0.3 is 15.7 Å². The molecule has 6 nitrogen and oxygen atoms in total. The van der Waals surface area contributed by atoms with Crippen LogP contribution in [0, 0.1) is 6.92 Å². The van der Waals surface area contributed by atoms with Crippen molar-refractivity contribution < 1.29 is 14.7 Å². The predicted molar refractivity (Wildman–Crippen MR) is 70.9 cm³/mol. The van der Waals surface area contributed by atoms with Crippen LogP contribution in [-0.4, -0.2) is 35.2 Å². The molecule has 3 N–H and O–H groups in total. The van der Waals surface area contributed by atoms with E-state index in [4.69, 9.17) is 5.11 Å². The van der Waals surface area contributed by atoms with Crippen LogP contribution in [0.2, 0.25) is 0 Å². The summed E-state index contributed by atoms with van der Waals surface area (Å²) < 4.78 is 0. The topological polar surface area (TPSA) is 91.3 Å². The van der Waals surface area contributed by atoms with E-state index in [1.54, 1.807) is 6.20 Å². The van der Waals surface area contributed by atoms with Crippen molar-refractivity contribution in [2.45, 2.75) is 26.2 Å². The molecule has 0 unspecified atom stereocenters. The Morgan fingerprint density at radius 1 is 1.26 bits per heavy atom. The van der Waals surface area contributed by atoms with E-state index in [0.29, 0.717) is 25.9 Å². The average molecular weight is 265 g/mol. The van der Waals surface area contributed by atoms with Gasteiger partial charge in [-0.2, -0.15) is 0 Å². The maximum absolute atomic E-state index is 11.3. The standard InChI is InChI=1S/C13H19N3O3/c1-10-4-5-11(16-9-10)6-8-15-13(19)14-7-2-3-12(17)18/h4-5,9H,2-3,6-8H2,1H3,(H,17,18)(H2,14,15,19). The summed E-state index contributed by atoms with van der Waals surface area (Å²) >= 11 is 0. The number of amides is 2. The number of carboxylic acids is 1. The molecule has 0 radical (unpaired) electrons. The van der Waals surface area contributed by atoms with E-state index in [-0.39, 0.29) is 12.5 Å². The second-order valence-corrected chi connectivity index (χ2v) is 4.26. The lowest BCUT2D eigenvalue weighted by atomic mass is 10.2. The lowest BCUT2D eigenvalue weighted by molar-refractivity contribution is -0.137. The number of carbonyl (C=O) groups is 2. The van der Waals surface area contributed by atoms with Crippen LogP contribution in [-0.2, 0) is 11.2 Å². The molecule has 2 amide bonds. The Morgan fingerprint density at radius 3 is 2.63 bits per heavy atom. The fourth-order valence-corrected chi connectivity index (χ4v) is 1.45. The number of aromatic nitrogens is 1. The van der Waals surface area contributed by atoms with E-state index >= 15 is 0 Å². The molecule has 1 aromatic heterocycles. The quantitative estimate of drug-likeness (QED) is 0.644. The molecule has 0 aliphatic rings. The molecule has 1 rings (SSSR count). The summed E-state index contributed by atoms with van der Waals surface area (Å²) in [6, 6.07) is 3.63. The Balaban J connectivity index is 2.10. The number of nitrogens with zero attached hydrogens (tertiary/aromatic N) is 1. The first-order chi connectivity index (χ1) is 9.08. The molecule has 0 saturated carbocycles. The van der Waals surface area contributed by atoms with E-state index < -0.39 is 5.97 Å². The van der Waals surface area contributed by atoms with Crippen molar-refractivity contribution in [3.8, 4) is 0 Å². The molecule has 104 valence electrons. The average Bonchev–Trinajstić information content (AvgIpc) is 2.37. The van der Waals surface area contributed by atoms with Crippen LogP contribution in [0.1, 0.15) is 24.1 Å². The zero-order chi connectivity index (χ0) is 14.1. The Bertz CT molecular complexity index is 418. The Morgan fingerprint density at radius 2 is 2.00 bits per heavy atom. The number of rotatable bonds is 7. The SMILES string of the molecule is Cc1ccc(CCNC(=O)NCCCC(=O)O)nc1. The van der Waals surface area contributed by atoms with Crippen LogP contribution < -0.4 is 10.6 Å². The fourth-order valence-electron chi connectivity index (χ4n) is 1.45. The van der Waals surface area contributed by atoms with Gasteiger partial charge in [-0.25, -0.2) is 4.79 Å². The summed E-state index contributed by atoms with van der Waals surface area (Å²) in [7, 11) is 0. The number of carbonyl (C=O) groups excluding carboxylic acids is 1. The highest BCUT2D eigenvalue weighted by molar-refractivity contribution is 5.73. The summed E-state index contributed by atoms with van der Waals surface area (Å²) in [5.74, 6) is -0.854. The van der Waals surface area contributed by atoms with Gasteiger partial charge >= 0.3 is 12.0 Å². The number of nitrogens with one attached hydrogen (secondary N) is 2. The number of pyridine rings is 1. The minimum absolute atomic E-state index is 0.0631. The number of aliphatic carboxylic acids is 1. The highest BCUT2D eigenvalue weighted by Crippen LogP contribution is 1.98. The molecule has 0 atom stereocenters. The van der Waals surface area contributed by atoms with Gasteiger partial charge in [0, 0.05) is 37.8 Å². The highest BCUT2D eigenvalue weighted by Gasteiger charge is 2.01. The minimum atomic E-state index is -0.854. The zero-order valence-corrected chi connectivity index (χ0v) is 11.0. The number of urea groups is 1. The molecule has 0 aromatic carbocycles. The number of hydrogen-bond donors (Lipinski definition) is 3. The first-order valence-electron chi connectivity index (χ1n) is 6.23. The van der Waals surface area contributed by atoms with E-state index in [2.05, 4.69) is 15.6 Å². The molecule has 1 aromatic rings. The van der Waals surface area contributed by atoms with Crippen LogP contribution in [0.25, 0.3) is 0 Å². The van der Waals surface area contributed by atoms with Crippen molar-refractivity contribution in [1.29, 1.82) is 0 Å². The molecule has 0 aliphatic carbocycles. The summed E-state index contributed by atoms with van der Waals surface area (Å²) in [6.45, 7) is 2.83. The van der Waals surface area contributed by atoms with Gasteiger partial charge in [-0.1, -0.05) is 6.07 Å². The van der Waals surface area contributed by atoms with Crippen LogP contribution in [0.5, 0.6) is 0 Å². The molecule has 0 spiro atoms. The lowest BCUT2D eigenvalue weighted by Gasteiger charge is -2.06. The van der Waals surface area contributed by atoms with Gasteiger partial charge in [-0.15, -0.1) is 0 Å². The van der Waals surface area contributed by atoms with Crippen LogP contribution in [0.3, 0.4) is 0 Å². The summed E-state index contributed by atoms with van der Waals surface area (Å²) in [5.41, 5.74) is 2.03. The summed E-state index contributed by atoms with van der Waals surface area (Å²) in [6.07, 6.45) is 2.96. The van der Waals surface area contributed by atoms with Crippen molar-refractivity contribution in [3.63, 3.8) is 0 Å². The molecule has 0 bridgehead atoms. The van der Waals surface area contributed by atoms with Crippen LogP contribution in [0.4, 0.5) is 4.79 Å². The van der Waals surface area contributed by atoms with Crippen LogP contribution >= 0.6 is 0 Å². The van der Waals surface area contributed by atoms with Gasteiger partial charge in [0.1, 0.15) is 0 Å². The smallest absolute Gasteiger partial charge is 0.314 e. The van der Waals surface area contributed by atoms with Gasteiger partial charge in [0.05, 0.1) is 0 Å². The molecule has 6 heteroatoms. The monoisotopic (exact) mass is 265 g/mol. The zero-order valence-electron chi connectivity index (χ0n) is 11.0. The van der Waals surface area contributed by atoms with E-state index in [0.717, 1.165) is 11.3 Å². The third-order valence-corrected chi connectivity index (χ3v) is 2.49. The van der Waals surface area contributed by atoms with Gasteiger partial charge in [0.2, 0.25) is 0 Å². The lowest BCUT2D eigenvalue weighted by Crippen LogP contribution is -2.37.